The van der Waals surface area contributed by atoms with Gasteiger partial charge < -0.3 is 19.8 Å². The number of anilines is 1. The van der Waals surface area contributed by atoms with E-state index in [2.05, 4.69) is 20.1 Å². The van der Waals surface area contributed by atoms with Crippen LogP contribution in [0.25, 0.3) is 10.8 Å². The third-order valence-electron chi connectivity index (χ3n) is 11.0. The first-order valence-electron chi connectivity index (χ1n) is 17.2. The smallest absolute Gasteiger partial charge is 0.251 e. The van der Waals surface area contributed by atoms with Gasteiger partial charge in [0.1, 0.15) is 6.04 Å². The average molecular weight is 666 g/mol. The molecule has 0 saturated carbocycles. The molecule has 0 radical (unpaired) electrons. The van der Waals surface area contributed by atoms with Gasteiger partial charge in [-0.25, -0.2) is 0 Å². The molecule has 8 atom stereocenters. The van der Waals surface area contributed by atoms with Crippen molar-refractivity contribution in [3.63, 3.8) is 0 Å². The molecule has 6 rings (SSSR count). The predicted molar refractivity (Wildman–Crippen MR) is 194 cm³/mol. The Balaban J connectivity index is 1.45. The highest BCUT2D eigenvalue weighted by Crippen LogP contribution is 2.69. The molecule has 3 amide bonds. The monoisotopic (exact) mass is 665 g/mol. The molecule has 0 aromatic heterocycles. The minimum absolute atomic E-state index is 0.00453. The molecule has 1 spiro atoms. The van der Waals surface area contributed by atoms with Crippen LogP contribution in [0, 0.1) is 23.7 Å². The fraction of sp³-hybridized carbons (Fsp3) is 0.425. The Morgan fingerprint density at radius 1 is 1.02 bits per heavy atom. The van der Waals surface area contributed by atoms with Crippen LogP contribution < -0.4 is 4.90 Å². The van der Waals surface area contributed by atoms with Gasteiger partial charge in [-0.2, -0.15) is 0 Å². The number of carbonyl (C=O) groups excluding carboxylic acids is 3. The highest BCUT2D eigenvalue weighted by atomic mass is 32.2. The molecule has 3 aromatic carbocycles. The van der Waals surface area contributed by atoms with Crippen molar-refractivity contribution in [2.75, 3.05) is 24.6 Å². The topological polar surface area (TPSA) is 81.2 Å². The van der Waals surface area contributed by atoms with Crippen LogP contribution in [0.2, 0.25) is 0 Å². The molecular weight excluding hydrogens is 619 g/mol. The van der Waals surface area contributed by atoms with Gasteiger partial charge in [-0.3, -0.25) is 14.4 Å². The van der Waals surface area contributed by atoms with Gasteiger partial charge in [-0.1, -0.05) is 100 Å². The fourth-order valence-corrected chi connectivity index (χ4v) is 10.9. The lowest BCUT2D eigenvalue weighted by Crippen LogP contribution is -2.60. The zero-order valence-electron chi connectivity index (χ0n) is 28.2. The van der Waals surface area contributed by atoms with Gasteiger partial charge in [0.25, 0.3) is 5.91 Å². The van der Waals surface area contributed by atoms with Crippen molar-refractivity contribution in [1.29, 1.82) is 0 Å². The van der Waals surface area contributed by atoms with Crippen molar-refractivity contribution < 1.29 is 19.5 Å². The van der Waals surface area contributed by atoms with E-state index in [-0.39, 0.29) is 48.0 Å². The zero-order valence-corrected chi connectivity index (χ0v) is 29.0. The Labute approximate surface area is 288 Å². The van der Waals surface area contributed by atoms with Crippen LogP contribution in [-0.4, -0.2) is 74.4 Å². The molecule has 0 aliphatic carbocycles. The number of aliphatic hydroxyl groups is 1. The second-order valence-electron chi connectivity index (χ2n) is 13.7. The largest absolute Gasteiger partial charge is 0.394 e. The minimum Gasteiger partial charge on any atom is -0.394 e. The van der Waals surface area contributed by atoms with Gasteiger partial charge in [-0.05, 0) is 46.7 Å². The Kier molecular flexibility index (Phi) is 9.86. The summed E-state index contributed by atoms with van der Waals surface area (Å²) in [5.41, 5.74) is 1.74. The lowest BCUT2D eigenvalue weighted by atomic mass is 9.65. The SMILES string of the molecule is C=CCN(Cc1ccccc1)C(=O)[C@@H]1[C@H]2C(=O)N([C@@H](CO)[C@@H](C)CC)C(C(=O)N(CC=C)c3ccc4ccccc4c3)C23S[C@@H]1CC3C. The summed E-state index contributed by atoms with van der Waals surface area (Å²) in [4.78, 5) is 50.2. The quantitative estimate of drug-likeness (QED) is 0.216. The molecule has 3 fully saturated rings. The lowest BCUT2D eigenvalue weighted by Gasteiger charge is -2.43. The summed E-state index contributed by atoms with van der Waals surface area (Å²) in [6.45, 7) is 14.9. The third-order valence-corrected chi connectivity index (χ3v) is 13.1. The maximum Gasteiger partial charge on any atom is 0.251 e. The molecule has 3 saturated heterocycles. The van der Waals surface area contributed by atoms with Crippen molar-refractivity contribution in [2.45, 2.75) is 62.2 Å². The number of nitrogens with zero attached hydrogens (tertiary/aromatic N) is 3. The average Bonchev–Trinajstić information content (AvgIpc) is 3.70. The van der Waals surface area contributed by atoms with Gasteiger partial charge in [-0.15, -0.1) is 24.9 Å². The number of thioether (sulfide) groups is 1. The number of hydrogen-bond donors (Lipinski definition) is 1. The number of carbonyl (C=O) groups is 3. The van der Waals surface area contributed by atoms with Gasteiger partial charge >= 0.3 is 0 Å². The van der Waals surface area contributed by atoms with Crippen LogP contribution in [-0.2, 0) is 20.9 Å². The first-order chi connectivity index (χ1) is 23.2. The summed E-state index contributed by atoms with van der Waals surface area (Å²) in [7, 11) is 0. The number of benzene rings is 3. The van der Waals surface area contributed by atoms with Gasteiger partial charge in [0.05, 0.1) is 29.2 Å². The molecule has 3 aromatic rings. The summed E-state index contributed by atoms with van der Waals surface area (Å²) >= 11 is 1.67. The van der Waals surface area contributed by atoms with Gasteiger partial charge in [0.2, 0.25) is 11.8 Å². The van der Waals surface area contributed by atoms with Crippen LogP contribution in [0.15, 0.2) is 98.1 Å². The van der Waals surface area contributed by atoms with E-state index >= 15 is 9.59 Å². The van der Waals surface area contributed by atoms with Crippen LogP contribution in [0.3, 0.4) is 0 Å². The van der Waals surface area contributed by atoms with Crippen LogP contribution in [0.4, 0.5) is 5.69 Å². The molecule has 3 aliphatic rings. The third kappa shape index (κ3) is 5.57. The summed E-state index contributed by atoms with van der Waals surface area (Å²) in [6.07, 6.45) is 4.91. The summed E-state index contributed by atoms with van der Waals surface area (Å²) in [5.74, 6) is -1.76. The van der Waals surface area contributed by atoms with E-state index < -0.39 is 28.7 Å². The van der Waals surface area contributed by atoms with E-state index in [1.807, 2.05) is 86.6 Å². The molecule has 3 aliphatic heterocycles. The van der Waals surface area contributed by atoms with Crippen molar-refractivity contribution in [1.82, 2.24) is 9.80 Å². The van der Waals surface area contributed by atoms with Crippen molar-refractivity contribution in [2.24, 2.45) is 23.7 Å². The van der Waals surface area contributed by atoms with E-state index in [9.17, 15) is 9.90 Å². The van der Waals surface area contributed by atoms with E-state index in [0.29, 0.717) is 13.1 Å². The Morgan fingerprint density at radius 2 is 1.71 bits per heavy atom. The molecule has 252 valence electrons. The molecule has 3 heterocycles. The zero-order chi connectivity index (χ0) is 34.2. The Bertz CT molecular complexity index is 1700. The highest BCUT2D eigenvalue weighted by molar-refractivity contribution is 8.02. The molecule has 3 unspecified atom stereocenters. The molecule has 48 heavy (non-hydrogen) atoms. The Morgan fingerprint density at radius 3 is 2.38 bits per heavy atom. The van der Waals surface area contributed by atoms with Crippen LogP contribution >= 0.6 is 11.8 Å². The summed E-state index contributed by atoms with van der Waals surface area (Å²) in [6, 6.07) is 22.5. The maximum absolute atomic E-state index is 15.3. The van der Waals surface area contributed by atoms with Gasteiger partial charge in [0.15, 0.2) is 0 Å². The van der Waals surface area contributed by atoms with E-state index in [1.54, 1.807) is 38.6 Å². The van der Waals surface area contributed by atoms with E-state index in [4.69, 9.17) is 0 Å². The second kappa shape index (κ2) is 13.9. The number of aliphatic hydroxyl groups excluding tert-OH is 1. The number of hydrogen-bond acceptors (Lipinski definition) is 5. The number of likely N-dealkylation sites (tertiary alicyclic amines) is 1. The highest BCUT2D eigenvalue weighted by Gasteiger charge is 2.77. The van der Waals surface area contributed by atoms with Gasteiger partial charge in [0, 0.05) is 30.6 Å². The van der Waals surface area contributed by atoms with Crippen molar-refractivity contribution in [3.05, 3.63) is 104 Å². The first kappa shape index (κ1) is 34.0. The molecule has 1 N–H and O–H groups in total. The van der Waals surface area contributed by atoms with E-state index in [1.165, 1.54) is 0 Å². The Hall–Kier alpha value is -3.88. The van der Waals surface area contributed by atoms with Crippen LogP contribution in [0.5, 0.6) is 0 Å². The van der Waals surface area contributed by atoms with Crippen LogP contribution in [0.1, 0.15) is 39.2 Å². The van der Waals surface area contributed by atoms with Crippen molar-refractivity contribution in [3.8, 4) is 0 Å². The molecule has 8 heteroatoms. The molecular formula is C40H47N3O4S. The normalized spacial score (nSPS) is 27.0. The fourth-order valence-electron chi connectivity index (χ4n) is 8.54. The first-order valence-corrected chi connectivity index (χ1v) is 18.0. The summed E-state index contributed by atoms with van der Waals surface area (Å²) in [5, 5.41) is 12.8. The maximum atomic E-state index is 15.3. The van der Waals surface area contributed by atoms with E-state index in [0.717, 1.165) is 34.9 Å². The standard InChI is InChI=1S/C40H47N3O4S/c1-6-20-41(24-28-14-10-9-11-15-28)37(45)34-33-22-27(5)40(48-33)35(34)38(46)43(32(25-44)26(4)8-3)36(40)39(47)42(21-7-2)31-19-18-29-16-12-13-17-30(29)23-31/h6-7,9-19,23,26-27,32-36,44H,1-2,8,20-22,24-25H2,3-5H3/t26-,27?,32-,33+,34-,35-,36?,40?/m0/s1. The molecule has 2 bridgehead atoms. The predicted octanol–water partition coefficient (Wildman–Crippen LogP) is 6.32. The number of rotatable bonds is 13. The number of amides is 3. The summed E-state index contributed by atoms with van der Waals surface area (Å²) < 4.78 is -0.817. The second-order valence-corrected chi connectivity index (χ2v) is 15.2. The van der Waals surface area contributed by atoms with Crippen molar-refractivity contribution >= 4 is 45.9 Å². The number of fused-ring (bicyclic) bond motifs is 2. The lowest BCUT2D eigenvalue weighted by molar-refractivity contribution is -0.146. The minimum atomic E-state index is -0.850. The molecule has 7 nitrogen and oxygen atoms in total.